The van der Waals surface area contributed by atoms with Gasteiger partial charge in [-0.2, -0.15) is 0 Å². The molecule has 1 heterocycles. The average Bonchev–Trinajstić information content (AvgIpc) is 2.55. The lowest BCUT2D eigenvalue weighted by Gasteiger charge is -2.33. The number of methoxy groups -OCH3 is 1. The van der Waals surface area contributed by atoms with Crippen molar-refractivity contribution in [3.8, 4) is 5.75 Å². The molecule has 7 nitrogen and oxygen atoms in total. The van der Waals surface area contributed by atoms with Gasteiger partial charge >= 0.3 is 0 Å². The summed E-state index contributed by atoms with van der Waals surface area (Å²) in [7, 11) is 1.57. The molecule has 1 saturated heterocycles. The van der Waals surface area contributed by atoms with Gasteiger partial charge in [0.25, 0.3) is 0 Å². The number of hydrogen-bond donors (Lipinski definition) is 2. The zero-order valence-electron chi connectivity index (χ0n) is 14.5. The van der Waals surface area contributed by atoms with E-state index >= 15 is 0 Å². The van der Waals surface area contributed by atoms with Crippen LogP contribution in [0.3, 0.4) is 0 Å². The fraction of sp³-hybridized carbons (Fsp3) is 0.500. The number of piperazine rings is 1. The second-order valence-corrected chi connectivity index (χ2v) is 6.00. The van der Waals surface area contributed by atoms with Crippen LogP contribution in [0.1, 0.15) is 6.92 Å². The number of hydrogen-bond acceptors (Lipinski definition) is 4. The van der Waals surface area contributed by atoms with Gasteiger partial charge in [0.05, 0.1) is 18.7 Å². The minimum Gasteiger partial charge on any atom is -0.495 e. The number of halogens is 2. The molecule has 0 bridgehead atoms. The van der Waals surface area contributed by atoms with Crippen molar-refractivity contribution in [3.05, 3.63) is 23.2 Å². The molecule has 0 spiro atoms. The van der Waals surface area contributed by atoms with E-state index in [1.54, 1.807) is 26.2 Å². The van der Waals surface area contributed by atoms with E-state index in [4.69, 9.17) is 22.1 Å². The SMILES string of the molecule is COc1ccc(NC(N)=NCCN2CCN(C(C)=O)CC2)cc1Cl.I. The number of nitrogens with two attached hydrogens (primary N) is 1. The molecule has 1 aromatic rings. The van der Waals surface area contributed by atoms with Crippen molar-refractivity contribution in [2.75, 3.05) is 51.7 Å². The normalized spacial score (nSPS) is 15.5. The van der Waals surface area contributed by atoms with Crippen LogP contribution in [0.5, 0.6) is 5.75 Å². The molecule has 1 aliphatic heterocycles. The van der Waals surface area contributed by atoms with Crippen LogP contribution in [0.2, 0.25) is 5.02 Å². The Balaban J connectivity index is 0.00000312. The van der Waals surface area contributed by atoms with Gasteiger partial charge in [-0.1, -0.05) is 11.6 Å². The van der Waals surface area contributed by atoms with E-state index in [2.05, 4.69) is 15.2 Å². The van der Waals surface area contributed by atoms with Gasteiger partial charge in [-0.3, -0.25) is 14.7 Å². The Kier molecular flexibility index (Phi) is 9.30. The van der Waals surface area contributed by atoms with Crippen LogP contribution in [-0.2, 0) is 4.79 Å². The molecular formula is C16H25ClIN5O2. The highest BCUT2D eigenvalue weighted by Crippen LogP contribution is 2.26. The molecule has 1 aromatic carbocycles. The first-order chi connectivity index (χ1) is 11.5. The zero-order valence-corrected chi connectivity index (χ0v) is 17.6. The maximum atomic E-state index is 11.3. The van der Waals surface area contributed by atoms with Gasteiger partial charge in [0, 0.05) is 45.3 Å². The molecule has 1 aliphatic rings. The number of amides is 1. The Labute approximate surface area is 170 Å². The molecule has 0 radical (unpaired) electrons. The van der Waals surface area contributed by atoms with E-state index < -0.39 is 0 Å². The summed E-state index contributed by atoms with van der Waals surface area (Å²) < 4.78 is 5.11. The van der Waals surface area contributed by atoms with Crippen LogP contribution in [-0.4, -0.2) is 68.0 Å². The second kappa shape index (κ2) is 10.7. The topological polar surface area (TPSA) is 83.2 Å². The molecule has 1 amide bonds. The molecule has 0 saturated carbocycles. The fourth-order valence-electron chi connectivity index (χ4n) is 2.53. The fourth-order valence-corrected chi connectivity index (χ4v) is 2.79. The van der Waals surface area contributed by atoms with Gasteiger partial charge in [0.2, 0.25) is 5.91 Å². The first kappa shape index (κ1) is 21.8. The Morgan fingerprint density at radius 1 is 1.36 bits per heavy atom. The minimum atomic E-state index is 0. The number of nitrogens with zero attached hydrogens (tertiary/aromatic N) is 3. The van der Waals surface area contributed by atoms with Crippen molar-refractivity contribution >= 4 is 53.1 Å². The van der Waals surface area contributed by atoms with Crippen molar-refractivity contribution < 1.29 is 9.53 Å². The lowest BCUT2D eigenvalue weighted by atomic mass is 10.3. The maximum absolute atomic E-state index is 11.3. The molecule has 9 heteroatoms. The summed E-state index contributed by atoms with van der Waals surface area (Å²) in [5.41, 5.74) is 6.66. The van der Waals surface area contributed by atoms with E-state index in [0.717, 1.165) is 38.4 Å². The van der Waals surface area contributed by atoms with Gasteiger partial charge in [-0.25, -0.2) is 0 Å². The Hall–Kier alpha value is -1.26. The number of carbonyl (C=O) groups excluding carboxylic acids is 1. The van der Waals surface area contributed by atoms with Gasteiger partial charge in [-0.15, -0.1) is 24.0 Å². The van der Waals surface area contributed by atoms with E-state index in [-0.39, 0.29) is 29.9 Å². The number of anilines is 1. The monoisotopic (exact) mass is 481 g/mol. The third-order valence-corrected chi connectivity index (χ3v) is 4.24. The van der Waals surface area contributed by atoms with E-state index in [1.165, 1.54) is 0 Å². The molecule has 2 rings (SSSR count). The van der Waals surface area contributed by atoms with Crippen molar-refractivity contribution in [2.24, 2.45) is 10.7 Å². The molecule has 25 heavy (non-hydrogen) atoms. The number of carbonyl (C=O) groups is 1. The lowest BCUT2D eigenvalue weighted by Crippen LogP contribution is -2.48. The summed E-state index contributed by atoms with van der Waals surface area (Å²) in [6, 6.07) is 5.34. The second-order valence-electron chi connectivity index (χ2n) is 5.59. The highest BCUT2D eigenvalue weighted by Gasteiger charge is 2.17. The first-order valence-corrected chi connectivity index (χ1v) is 8.25. The zero-order chi connectivity index (χ0) is 17.5. The standard InChI is InChI=1S/C16H24ClN5O2.HI/c1-12(23)22-9-7-21(8-10-22)6-5-19-16(18)20-13-3-4-15(24-2)14(17)11-13;/h3-4,11H,5-10H2,1-2H3,(H3,18,19,20);1H. The van der Waals surface area contributed by atoms with E-state index in [9.17, 15) is 4.79 Å². The highest BCUT2D eigenvalue weighted by molar-refractivity contribution is 14.0. The largest absolute Gasteiger partial charge is 0.495 e. The summed E-state index contributed by atoms with van der Waals surface area (Å²) in [6.07, 6.45) is 0. The quantitative estimate of drug-likeness (QED) is 0.381. The summed E-state index contributed by atoms with van der Waals surface area (Å²) in [4.78, 5) is 19.8. The number of benzene rings is 1. The number of guanidine groups is 1. The van der Waals surface area contributed by atoms with Crippen LogP contribution in [0.4, 0.5) is 5.69 Å². The number of nitrogens with one attached hydrogen (secondary N) is 1. The molecule has 0 atom stereocenters. The molecule has 1 fully saturated rings. The predicted molar refractivity (Wildman–Crippen MR) is 112 cm³/mol. The van der Waals surface area contributed by atoms with Crippen LogP contribution in [0, 0.1) is 0 Å². The van der Waals surface area contributed by atoms with E-state index in [1.807, 2.05) is 11.0 Å². The Morgan fingerprint density at radius 3 is 2.60 bits per heavy atom. The van der Waals surface area contributed by atoms with Gasteiger partial charge in [0.1, 0.15) is 5.75 Å². The smallest absolute Gasteiger partial charge is 0.219 e. The lowest BCUT2D eigenvalue weighted by molar-refractivity contribution is -0.130. The number of aliphatic imine (C=N–C) groups is 1. The third-order valence-electron chi connectivity index (χ3n) is 3.94. The Morgan fingerprint density at radius 2 is 2.04 bits per heavy atom. The van der Waals surface area contributed by atoms with Gasteiger partial charge in [-0.05, 0) is 18.2 Å². The molecule has 0 aromatic heterocycles. The third kappa shape index (κ3) is 6.87. The molecule has 140 valence electrons. The van der Waals surface area contributed by atoms with Crippen molar-refractivity contribution in [3.63, 3.8) is 0 Å². The molecular weight excluding hydrogens is 457 g/mol. The highest BCUT2D eigenvalue weighted by atomic mass is 127. The van der Waals surface area contributed by atoms with Crippen molar-refractivity contribution in [1.82, 2.24) is 9.80 Å². The maximum Gasteiger partial charge on any atom is 0.219 e. The predicted octanol–water partition coefficient (Wildman–Crippen LogP) is 1.86. The summed E-state index contributed by atoms with van der Waals surface area (Å²) in [6.45, 7) is 6.32. The number of rotatable bonds is 5. The van der Waals surface area contributed by atoms with Crippen LogP contribution in [0.15, 0.2) is 23.2 Å². The van der Waals surface area contributed by atoms with Gasteiger partial charge in [0.15, 0.2) is 5.96 Å². The van der Waals surface area contributed by atoms with Crippen LogP contribution in [0.25, 0.3) is 0 Å². The van der Waals surface area contributed by atoms with Crippen molar-refractivity contribution in [1.29, 1.82) is 0 Å². The molecule has 3 N–H and O–H groups in total. The van der Waals surface area contributed by atoms with Crippen LogP contribution < -0.4 is 15.8 Å². The number of ether oxygens (including phenoxy) is 1. The average molecular weight is 482 g/mol. The van der Waals surface area contributed by atoms with Gasteiger partial charge < -0.3 is 20.7 Å². The Bertz CT molecular complexity index is 606. The van der Waals surface area contributed by atoms with Crippen molar-refractivity contribution in [2.45, 2.75) is 6.92 Å². The van der Waals surface area contributed by atoms with E-state index in [0.29, 0.717) is 23.3 Å². The molecule has 0 aliphatic carbocycles. The van der Waals surface area contributed by atoms with Crippen LogP contribution >= 0.6 is 35.6 Å². The summed E-state index contributed by atoms with van der Waals surface area (Å²) in [5, 5.41) is 3.52. The first-order valence-electron chi connectivity index (χ1n) is 7.88. The summed E-state index contributed by atoms with van der Waals surface area (Å²) in [5.74, 6) is 1.10. The minimum absolute atomic E-state index is 0. The summed E-state index contributed by atoms with van der Waals surface area (Å²) >= 11 is 6.07. The molecule has 0 unspecified atom stereocenters.